The van der Waals surface area contributed by atoms with Crippen molar-refractivity contribution in [2.75, 3.05) is 13.2 Å². The number of carboxylic acid groups (broad SMARTS) is 1. The molecule has 0 amide bonds. The summed E-state index contributed by atoms with van der Waals surface area (Å²) in [5.74, 6) is -0.878. The van der Waals surface area contributed by atoms with Crippen LogP contribution in [-0.4, -0.2) is 29.5 Å². The van der Waals surface area contributed by atoms with E-state index in [1.807, 2.05) is 6.07 Å². The standard InChI is InChI=1S/C12H13BrO3S/c13-8-3-4-10(12(14)15)11(6-8)17-9-2-1-5-16-7-9/h3-4,6,9H,1-2,5,7H2,(H,14,15). The lowest BCUT2D eigenvalue weighted by Gasteiger charge is -2.22. The minimum Gasteiger partial charge on any atom is -0.478 e. The third kappa shape index (κ3) is 3.47. The van der Waals surface area contributed by atoms with Crippen molar-refractivity contribution in [3.63, 3.8) is 0 Å². The average molecular weight is 317 g/mol. The zero-order chi connectivity index (χ0) is 12.3. The van der Waals surface area contributed by atoms with Gasteiger partial charge < -0.3 is 9.84 Å². The predicted octanol–water partition coefficient (Wildman–Crippen LogP) is 3.42. The molecule has 1 aliphatic heterocycles. The first-order valence-corrected chi connectivity index (χ1v) is 7.11. The number of benzene rings is 1. The van der Waals surface area contributed by atoms with Gasteiger partial charge in [0.2, 0.25) is 0 Å². The van der Waals surface area contributed by atoms with Gasteiger partial charge in [-0.05, 0) is 31.0 Å². The molecule has 3 nitrogen and oxygen atoms in total. The molecule has 0 aromatic heterocycles. The second kappa shape index (κ2) is 5.89. The largest absolute Gasteiger partial charge is 0.478 e. The fourth-order valence-electron chi connectivity index (χ4n) is 1.75. The lowest BCUT2D eigenvalue weighted by Crippen LogP contribution is -2.19. The van der Waals surface area contributed by atoms with Gasteiger partial charge in [0, 0.05) is 21.2 Å². The minimum atomic E-state index is -0.878. The van der Waals surface area contributed by atoms with Gasteiger partial charge in [0.15, 0.2) is 0 Å². The van der Waals surface area contributed by atoms with Gasteiger partial charge in [-0.15, -0.1) is 11.8 Å². The van der Waals surface area contributed by atoms with Gasteiger partial charge in [-0.3, -0.25) is 0 Å². The van der Waals surface area contributed by atoms with Crippen LogP contribution >= 0.6 is 27.7 Å². The number of ether oxygens (including phenoxy) is 1. The second-order valence-corrected chi connectivity index (χ2v) is 6.16. The number of hydrogen-bond acceptors (Lipinski definition) is 3. The number of rotatable bonds is 3. The van der Waals surface area contributed by atoms with Crippen LogP contribution in [0.3, 0.4) is 0 Å². The Morgan fingerprint density at radius 1 is 1.53 bits per heavy atom. The summed E-state index contributed by atoms with van der Waals surface area (Å²) in [6.45, 7) is 1.53. The van der Waals surface area contributed by atoms with Crippen molar-refractivity contribution in [1.82, 2.24) is 0 Å². The molecule has 1 saturated heterocycles. The zero-order valence-electron chi connectivity index (χ0n) is 9.19. The number of halogens is 1. The molecule has 0 spiro atoms. The van der Waals surface area contributed by atoms with Crippen molar-refractivity contribution >= 4 is 33.7 Å². The maximum absolute atomic E-state index is 11.1. The highest BCUT2D eigenvalue weighted by atomic mass is 79.9. The topological polar surface area (TPSA) is 46.5 Å². The van der Waals surface area contributed by atoms with Gasteiger partial charge in [-0.2, -0.15) is 0 Å². The van der Waals surface area contributed by atoms with Gasteiger partial charge in [-0.1, -0.05) is 15.9 Å². The Hall–Kier alpha value is -0.520. The van der Waals surface area contributed by atoms with E-state index in [0.717, 1.165) is 28.8 Å². The number of thioether (sulfide) groups is 1. The van der Waals surface area contributed by atoms with Crippen molar-refractivity contribution in [3.8, 4) is 0 Å². The molecule has 2 rings (SSSR count). The van der Waals surface area contributed by atoms with Crippen LogP contribution in [-0.2, 0) is 4.74 Å². The van der Waals surface area contributed by atoms with Crippen molar-refractivity contribution in [2.45, 2.75) is 23.0 Å². The van der Waals surface area contributed by atoms with E-state index in [4.69, 9.17) is 9.84 Å². The summed E-state index contributed by atoms with van der Waals surface area (Å²) in [6, 6.07) is 5.26. The van der Waals surface area contributed by atoms with Crippen LogP contribution in [0.4, 0.5) is 0 Å². The summed E-state index contributed by atoms with van der Waals surface area (Å²) in [5.41, 5.74) is 0.365. The smallest absolute Gasteiger partial charge is 0.336 e. The van der Waals surface area contributed by atoms with Crippen LogP contribution in [0.2, 0.25) is 0 Å². The summed E-state index contributed by atoms with van der Waals surface area (Å²) < 4.78 is 6.31. The molecule has 1 aromatic rings. The molecule has 1 atom stereocenters. The van der Waals surface area contributed by atoms with E-state index < -0.39 is 5.97 Å². The van der Waals surface area contributed by atoms with Crippen LogP contribution in [0.15, 0.2) is 27.6 Å². The van der Waals surface area contributed by atoms with E-state index in [9.17, 15) is 4.79 Å². The molecule has 1 N–H and O–H groups in total. The third-order valence-electron chi connectivity index (χ3n) is 2.59. The molecule has 1 fully saturated rings. The van der Waals surface area contributed by atoms with Crippen LogP contribution in [0.25, 0.3) is 0 Å². The van der Waals surface area contributed by atoms with Crippen molar-refractivity contribution < 1.29 is 14.6 Å². The summed E-state index contributed by atoms with van der Waals surface area (Å²) in [7, 11) is 0. The van der Waals surface area contributed by atoms with Gasteiger partial charge in [0.05, 0.1) is 12.2 Å². The summed E-state index contributed by atoms with van der Waals surface area (Å²) in [5, 5.41) is 9.48. The maximum atomic E-state index is 11.1. The molecule has 1 unspecified atom stereocenters. The van der Waals surface area contributed by atoms with E-state index in [1.54, 1.807) is 23.9 Å². The quantitative estimate of drug-likeness (QED) is 0.928. The fourth-order valence-corrected chi connectivity index (χ4v) is 3.55. The number of carboxylic acids is 1. The van der Waals surface area contributed by atoms with Crippen molar-refractivity contribution in [2.24, 2.45) is 0 Å². The highest BCUT2D eigenvalue weighted by molar-refractivity contribution is 9.10. The Labute approximate surface area is 113 Å². The monoisotopic (exact) mass is 316 g/mol. The Bertz CT molecular complexity index is 416. The van der Waals surface area contributed by atoms with Gasteiger partial charge >= 0.3 is 5.97 Å². The van der Waals surface area contributed by atoms with E-state index >= 15 is 0 Å². The van der Waals surface area contributed by atoms with Gasteiger partial charge in [-0.25, -0.2) is 4.79 Å². The molecule has 92 valence electrons. The lowest BCUT2D eigenvalue weighted by atomic mass is 10.2. The molecule has 1 heterocycles. The highest BCUT2D eigenvalue weighted by Crippen LogP contribution is 2.33. The van der Waals surface area contributed by atoms with Crippen molar-refractivity contribution in [1.29, 1.82) is 0 Å². The van der Waals surface area contributed by atoms with Crippen LogP contribution in [0.1, 0.15) is 23.2 Å². The van der Waals surface area contributed by atoms with E-state index in [2.05, 4.69) is 15.9 Å². The van der Waals surface area contributed by atoms with E-state index in [1.165, 1.54) is 0 Å². The first kappa shape index (κ1) is 12.9. The molecule has 0 radical (unpaired) electrons. The Morgan fingerprint density at radius 2 is 2.35 bits per heavy atom. The molecular weight excluding hydrogens is 304 g/mol. The number of hydrogen-bond donors (Lipinski definition) is 1. The highest BCUT2D eigenvalue weighted by Gasteiger charge is 2.19. The maximum Gasteiger partial charge on any atom is 0.336 e. The minimum absolute atomic E-state index is 0.358. The Morgan fingerprint density at radius 3 is 3.00 bits per heavy atom. The van der Waals surface area contributed by atoms with Crippen molar-refractivity contribution in [3.05, 3.63) is 28.2 Å². The van der Waals surface area contributed by atoms with Crippen LogP contribution < -0.4 is 0 Å². The summed E-state index contributed by atoms with van der Waals surface area (Å²) in [4.78, 5) is 11.9. The third-order valence-corrected chi connectivity index (χ3v) is 4.38. The molecule has 0 saturated carbocycles. The summed E-state index contributed by atoms with van der Waals surface area (Å²) in [6.07, 6.45) is 2.13. The zero-order valence-corrected chi connectivity index (χ0v) is 11.6. The normalized spacial score (nSPS) is 20.2. The molecular formula is C12H13BrO3S. The molecule has 17 heavy (non-hydrogen) atoms. The van der Waals surface area contributed by atoms with Crippen LogP contribution in [0, 0.1) is 0 Å². The molecule has 5 heteroatoms. The van der Waals surface area contributed by atoms with E-state index in [-0.39, 0.29) is 0 Å². The first-order valence-electron chi connectivity index (χ1n) is 5.44. The average Bonchev–Trinajstić information content (AvgIpc) is 2.30. The van der Waals surface area contributed by atoms with Crippen LogP contribution in [0.5, 0.6) is 0 Å². The molecule has 1 aliphatic rings. The Kier molecular flexibility index (Phi) is 4.48. The number of aromatic carboxylic acids is 1. The molecule has 0 bridgehead atoms. The van der Waals surface area contributed by atoms with E-state index in [0.29, 0.717) is 17.4 Å². The molecule has 1 aromatic carbocycles. The number of carbonyl (C=O) groups is 1. The SMILES string of the molecule is O=C(O)c1ccc(Br)cc1SC1CCCOC1. The van der Waals surface area contributed by atoms with Gasteiger partial charge in [0.25, 0.3) is 0 Å². The lowest BCUT2D eigenvalue weighted by molar-refractivity contribution is 0.0693. The second-order valence-electron chi connectivity index (χ2n) is 3.90. The van der Waals surface area contributed by atoms with Gasteiger partial charge in [0.1, 0.15) is 0 Å². The first-order chi connectivity index (χ1) is 8.16. The summed E-state index contributed by atoms with van der Waals surface area (Å²) >= 11 is 4.97. The Balaban J connectivity index is 2.17. The fraction of sp³-hybridized carbons (Fsp3) is 0.417. The predicted molar refractivity (Wildman–Crippen MR) is 70.8 cm³/mol. The molecule has 0 aliphatic carbocycles.